The molecule has 2 aromatic rings. The summed E-state index contributed by atoms with van der Waals surface area (Å²) in [5.74, 6) is 1.51. The van der Waals surface area contributed by atoms with Crippen molar-refractivity contribution in [2.75, 3.05) is 0 Å². The first kappa shape index (κ1) is 17.5. The molecule has 4 unspecified atom stereocenters. The van der Waals surface area contributed by atoms with E-state index in [1.54, 1.807) is 6.07 Å². The van der Waals surface area contributed by atoms with Crippen molar-refractivity contribution in [1.29, 1.82) is 0 Å². The summed E-state index contributed by atoms with van der Waals surface area (Å²) in [4.78, 5) is 0. The van der Waals surface area contributed by atoms with Gasteiger partial charge in [-0.05, 0) is 91.0 Å². The molecule has 4 atom stereocenters. The van der Waals surface area contributed by atoms with Crippen LogP contribution < -0.4 is 0 Å². The van der Waals surface area contributed by atoms with E-state index in [2.05, 4.69) is 24.8 Å². The van der Waals surface area contributed by atoms with Crippen molar-refractivity contribution in [1.82, 2.24) is 0 Å². The predicted octanol–water partition coefficient (Wildman–Crippen LogP) is 7.12. The number of hydrogen-bond acceptors (Lipinski definition) is 0. The van der Waals surface area contributed by atoms with E-state index in [9.17, 15) is 8.78 Å². The standard InChI is InChI=1S/C24H26F2/c1-2-16-3-4-21-14-20(10-9-19(21)13-16)17-5-7-18(8-6-17)22-11-12-23(25)24(26)15-22/h2,5-8,11-12,15-16,19-21H,1,3-4,9-10,13-14H2. The van der Waals surface area contributed by atoms with Crippen molar-refractivity contribution in [3.63, 3.8) is 0 Å². The highest BCUT2D eigenvalue weighted by atomic mass is 19.2. The SMILES string of the molecule is C=CC1CCC2CC(c3ccc(-c4ccc(F)c(F)c4)cc3)CCC2C1. The molecule has 0 aromatic heterocycles. The molecule has 0 spiro atoms. The van der Waals surface area contributed by atoms with E-state index in [0.29, 0.717) is 5.92 Å². The van der Waals surface area contributed by atoms with E-state index in [4.69, 9.17) is 0 Å². The van der Waals surface area contributed by atoms with Gasteiger partial charge in [-0.3, -0.25) is 0 Å². The van der Waals surface area contributed by atoms with E-state index >= 15 is 0 Å². The first-order valence-electron chi connectivity index (χ1n) is 9.82. The summed E-state index contributed by atoms with van der Waals surface area (Å²) in [7, 11) is 0. The first-order chi connectivity index (χ1) is 12.6. The number of benzene rings is 2. The molecule has 0 aliphatic heterocycles. The van der Waals surface area contributed by atoms with E-state index in [0.717, 1.165) is 28.9 Å². The Kier molecular flexibility index (Phi) is 4.93. The average molecular weight is 352 g/mol. The fourth-order valence-corrected chi connectivity index (χ4v) is 5.07. The zero-order valence-electron chi connectivity index (χ0n) is 15.1. The lowest BCUT2D eigenvalue weighted by atomic mass is 9.64. The van der Waals surface area contributed by atoms with Crippen LogP contribution in [-0.4, -0.2) is 0 Å². The Hall–Kier alpha value is -1.96. The summed E-state index contributed by atoms with van der Waals surface area (Å²) < 4.78 is 26.6. The highest BCUT2D eigenvalue weighted by Crippen LogP contribution is 2.47. The quantitative estimate of drug-likeness (QED) is 0.516. The summed E-state index contributed by atoms with van der Waals surface area (Å²) in [6.45, 7) is 3.98. The highest BCUT2D eigenvalue weighted by Gasteiger charge is 2.35. The van der Waals surface area contributed by atoms with Crippen LogP contribution in [-0.2, 0) is 0 Å². The maximum Gasteiger partial charge on any atom is 0.159 e. The molecule has 136 valence electrons. The first-order valence-corrected chi connectivity index (χ1v) is 9.82. The minimum absolute atomic E-state index is 0.635. The lowest BCUT2D eigenvalue weighted by Crippen LogP contribution is -2.29. The van der Waals surface area contributed by atoms with Crippen LogP contribution in [0.2, 0.25) is 0 Å². The molecule has 4 rings (SSSR count). The van der Waals surface area contributed by atoms with Crippen molar-refractivity contribution in [2.24, 2.45) is 17.8 Å². The maximum absolute atomic E-state index is 13.5. The highest BCUT2D eigenvalue weighted by molar-refractivity contribution is 5.63. The molecular weight excluding hydrogens is 326 g/mol. The lowest BCUT2D eigenvalue weighted by molar-refractivity contribution is 0.133. The van der Waals surface area contributed by atoms with Crippen LogP contribution in [0.15, 0.2) is 55.1 Å². The molecular formula is C24H26F2. The van der Waals surface area contributed by atoms with Crippen LogP contribution in [0.5, 0.6) is 0 Å². The summed E-state index contributed by atoms with van der Waals surface area (Å²) >= 11 is 0. The molecule has 2 heteroatoms. The normalized spacial score (nSPS) is 28.4. The van der Waals surface area contributed by atoms with Gasteiger partial charge in [0.1, 0.15) is 0 Å². The van der Waals surface area contributed by atoms with Gasteiger partial charge < -0.3 is 0 Å². The molecule has 2 aromatic carbocycles. The monoisotopic (exact) mass is 352 g/mol. The largest absolute Gasteiger partial charge is 0.204 e. The van der Waals surface area contributed by atoms with Gasteiger partial charge in [0.05, 0.1) is 0 Å². The average Bonchev–Trinajstić information content (AvgIpc) is 2.69. The van der Waals surface area contributed by atoms with Crippen molar-refractivity contribution >= 4 is 0 Å². The van der Waals surface area contributed by atoms with Crippen molar-refractivity contribution in [3.8, 4) is 11.1 Å². The van der Waals surface area contributed by atoms with Gasteiger partial charge in [0, 0.05) is 0 Å². The van der Waals surface area contributed by atoms with E-state index in [1.165, 1.54) is 56.2 Å². The summed E-state index contributed by atoms with van der Waals surface area (Å²) in [5, 5.41) is 0. The zero-order chi connectivity index (χ0) is 18.1. The third-order valence-corrected chi connectivity index (χ3v) is 6.62. The number of halogens is 2. The van der Waals surface area contributed by atoms with E-state index in [1.807, 2.05) is 12.1 Å². The summed E-state index contributed by atoms with van der Waals surface area (Å²) in [5.41, 5.74) is 3.05. The van der Waals surface area contributed by atoms with Gasteiger partial charge in [-0.2, -0.15) is 0 Å². The number of fused-ring (bicyclic) bond motifs is 1. The topological polar surface area (TPSA) is 0 Å². The second kappa shape index (κ2) is 7.34. The van der Waals surface area contributed by atoms with Crippen LogP contribution >= 0.6 is 0 Å². The predicted molar refractivity (Wildman–Crippen MR) is 103 cm³/mol. The zero-order valence-corrected chi connectivity index (χ0v) is 15.1. The third kappa shape index (κ3) is 3.47. The fraction of sp³-hybridized carbons (Fsp3) is 0.417. The van der Waals surface area contributed by atoms with Crippen LogP contribution in [0, 0.1) is 29.4 Å². The van der Waals surface area contributed by atoms with Crippen LogP contribution in [0.25, 0.3) is 11.1 Å². The van der Waals surface area contributed by atoms with Gasteiger partial charge in [0.25, 0.3) is 0 Å². The molecule has 2 aliphatic carbocycles. The molecule has 0 nitrogen and oxygen atoms in total. The molecule has 26 heavy (non-hydrogen) atoms. The number of hydrogen-bond donors (Lipinski definition) is 0. The number of allylic oxidation sites excluding steroid dienone is 1. The Bertz CT molecular complexity index is 777. The van der Waals surface area contributed by atoms with Gasteiger partial charge in [0.2, 0.25) is 0 Å². The van der Waals surface area contributed by atoms with Crippen molar-refractivity contribution in [3.05, 3.63) is 72.3 Å². The van der Waals surface area contributed by atoms with Crippen LogP contribution in [0.4, 0.5) is 8.78 Å². The van der Waals surface area contributed by atoms with Gasteiger partial charge >= 0.3 is 0 Å². The molecule has 0 bridgehead atoms. The second-order valence-corrected chi connectivity index (χ2v) is 8.09. The smallest absolute Gasteiger partial charge is 0.159 e. The van der Waals surface area contributed by atoms with Gasteiger partial charge in [-0.25, -0.2) is 8.78 Å². The minimum Gasteiger partial charge on any atom is -0.204 e. The minimum atomic E-state index is -0.798. The maximum atomic E-state index is 13.5. The molecule has 0 radical (unpaired) electrons. The van der Waals surface area contributed by atoms with Gasteiger partial charge in [-0.15, -0.1) is 6.58 Å². The Balaban J connectivity index is 1.46. The molecule has 0 heterocycles. The molecule has 2 saturated carbocycles. The molecule has 0 N–H and O–H groups in total. The molecule has 2 aliphatic rings. The van der Waals surface area contributed by atoms with E-state index in [-0.39, 0.29) is 0 Å². The van der Waals surface area contributed by atoms with Crippen molar-refractivity contribution < 1.29 is 8.78 Å². The van der Waals surface area contributed by atoms with Crippen LogP contribution in [0.3, 0.4) is 0 Å². The van der Waals surface area contributed by atoms with Gasteiger partial charge in [0.15, 0.2) is 11.6 Å². The Morgan fingerprint density at radius 3 is 2.19 bits per heavy atom. The van der Waals surface area contributed by atoms with Crippen LogP contribution in [0.1, 0.15) is 50.0 Å². The lowest BCUT2D eigenvalue weighted by Gasteiger charge is -2.41. The third-order valence-electron chi connectivity index (χ3n) is 6.62. The molecule has 2 fully saturated rings. The fourth-order valence-electron chi connectivity index (χ4n) is 5.07. The summed E-state index contributed by atoms with van der Waals surface area (Å²) in [6, 6.07) is 12.5. The Labute approximate surface area is 154 Å². The van der Waals surface area contributed by atoms with Gasteiger partial charge in [-0.1, -0.05) is 36.4 Å². The molecule has 0 saturated heterocycles. The second-order valence-electron chi connectivity index (χ2n) is 8.09. The van der Waals surface area contributed by atoms with Crippen molar-refractivity contribution in [2.45, 2.75) is 44.4 Å². The van der Waals surface area contributed by atoms with E-state index < -0.39 is 11.6 Å². The molecule has 0 amide bonds. The Morgan fingerprint density at radius 1 is 0.769 bits per heavy atom. The summed E-state index contributed by atoms with van der Waals surface area (Å²) in [6.07, 6.45) is 9.99. The number of rotatable bonds is 3. The Morgan fingerprint density at radius 2 is 1.46 bits per heavy atom.